The molecule has 1 aliphatic heterocycles. The van der Waals surface area contributed by atoms with Crippen molar-refractivity contribution in [2.24, 2.45) is 0 Å². The van der Waals surface area contributed by atoms with E-state index >= 15 is 0 Å². The number of morpholine rings is 1. The number of H-pyrrole nitrogens is 1. The molecule has 1 atom stereocenters. The third-order valence-corrected chi connectivity index (χ3v) is 5.30. The second kappa shape index (κ2) is 9.12. The predicted molar refractivity (Wildman–Crippen MR) is 118 cm³/mol. The minimum absolute atomic E-state index is 0.0232. The highest BCUT2D eigenvalue weighted by molar-refractivity contribution is 5.71. The van der Waals surface area contributed by atoms with Crippen LogP contribution in [0.3, 0.4) is 0 Å². The molecule has 0 radical (unpaired) electrons. The van der Waals surface area contributed by atoms with Gasteiger partial charge in [0, 0.05) is 30.8 Å². The summed E-state index contributed by atoms with van der Waals surface area (Å²) in [6.45, 7) is 13.9. The van der Waals surface area contributed by atoms with Gasteiger partial charge in [0.1, 0.15) is 5.75 Å². The van der Waals surface area contributed by atoms with Gasteiger partial charge in [-0.25, -0.2) is 4.98 Å². The van der Waals surface area contributed by atoms with Gasteiger partial charge in [-0.1, -0.05) is 12.6 Å². The molecule has 3 aromatic rings. The van der Waals surface area contributed by atoms with Crippen LogP contribution in [0.5, 0.6) is 5.75 Å². The molecule has 9 heteroatoms. The zero-order valence-electron chi connectivity index (χ0n) is 17.8. The molecular formula is C22H25N7O2. The summed E-state index contributed by atoms with van der Waals surface area (Å²) in [5.41, 5.74) is 2.81. The highest BCUT2D eigenvalue weighted by Crippen LogP contribution is 2.34. The van der Waals surface area contributed by atoms with Gasteiger partial charge < -0.3 is 19.6 Å². The summed E-state index contributed by atoms with van der Waals surface area (Å²) in [6, 6.07) is 8.50. The topological polar surface area (TPSA) is 92.6 Å². The number of hydrogen-bond acceptors (Lipinski definition) is 7. The lowest BCUT2D eigenvalue weighted by atomic mass is 10.0. The van der Waals surface area contributed by atoms with Crippen LogP contribution in [0.25, 0.3) is 16.1 Å². The van der Waals surface area contributed by atoms with Gasteiger partial charge in [0.2, 0.25) is 0 Å². The summed E-state index contributed by atoms with van der Waals surface area (Å²) in [5.74, 6) is 2.10. The van der Waals surface area contributed by atoms with Crippen LogP contribution in [-0.4, -0.2) is 57.9 Å². The van der Waals surface area contributed by atoms with Crippen molar-refractivity contribution in [2.75, 3.05) is 32.1 Å². The van der Waals surface area contributed by atoms with Gasteiger partial charge in [-0.05, 0) is 31.5 Å². The van der Waals surface area contributed by atoms with Gasteiger partial charge >= 0.3 is 0 Å². The molecule has 160 valence electrons. The normalized spacial score (nSPS) is 16.8. The smallest absolute Gasteiger partial charge is 0.288 e. The second-order valence-electron chi connectivity index (χ2n) is 7.57. The first-order valence-electron chi connectivity index (χ1n) is 10.1. The van der Waals surface area contributed by atoms with Crippen LogP contribution >= 0.6 is 0 Å². The summed E-state index contributed by atoms with van der Waals surface area (Å²) in [6.07, 6.45) is 2.94. The maximum absolute atomic E-state index is 6.94. The summed E-state index contributed by atoms with van der Waals surface area (Å²) >= 11 is 0. The Morgan fingerprint density at radius 3 is 2.84 bits per heavy atom. The van der Waals surface area contributed by atoms with Crippen molar-refractivity contribution in [1.29, 1.82) is 0 Å². The number of rotatable bonds is 6. The highest BCUT2D eigenvalue weighted by atomic mass is 16.5. The first-order valence-corrected chi connectivity index (χ1v) is 10.1. The molecule has 0 saturated carbocycles. The van der Waals surface area contributed by atoms with E-state index in [9.17, 15) is 0 Å². The van der Waals surface area contributed by atoms with Gasteiger partial charge in [0.25, 0.3) is 5.82 Å². The monoisotopic (exact) mass is 419 g/mol. The fraction of sp³-hybridized carbons (Fsp3) is 0.364. The van der Waals surface area contributed by atoms with E-state index in [1.807, 2.05) is 18.2 Å². The zero-order valence-corrected chi connectivity index (χ0v) is 17.8. The first-order chi connectivity index (χ1) is 15.1. The molecule has 1 aliphatic rings. The Kier molecular flexibility index (Phi) is 6.11. The van der Waals surface area contributed by atoms with Gasteiger partial charge in [-0.15, -0.1) is 4.98 Å². The van der Waals surface area contributed by atoms with Crippen LogP contribution in [0.15, 0.2) is 36.7 Å². The average Bonchev–Trinajstić information content (AvgIpc) is 3.27. The third-order valence-electron chi connectivity index (χ3n) is 5.30. The summed E-state index contributed by atoms with van der Waals surface area (Å²) in [7, 11) is 1.66. The molecule has 0 aliphatic carbocycles. The molecule has 0 unspecified atom stereocenters. The van der Waals surface area contributed by atoms with Crippen molar-refractivity contribution in [2.45, 2.75) is 26.0 Å². The molecular weight excluding hydrogens is 394 g/mol. The minimum Gasteiger partial charge on any atom is -0.496 e. The molecule has 1 fully saturated rings. The standard InChI is InChI=1S/C22H25N7O2/c1-14(2)29-7-8-31-19(13-29)15-5-6-16(18(9-15)30-4)17-10-20(28-27-17)26-22-12-24-21(23-3)11-25-22/h5-6,9-12,14,19H,7-8,13H2,1-2,4H3,(H2,25,26,27,28)/t19-/m1/s1. The van der Waals surface area contributed by atoms with Gasteiger partial charge in [-0.3, -0.25) is 10.00 Å². The largest absolute Gasteiger partial charge is 0.496 e. The zero-order chi connectivity index (χ0) is 21.8. The molecule has 0 bridgehead atoms. The van der Waals surface area contributed by atoms with Crippen molar-refractivity contribution < 1.29 is 9.47 Å². The summed E-state index contributed by atoms with van der Waals surface area (Å²) in [4.78, 5) is 13.8. The average molecular weight is 419 g/mol. The molecule has 4 rings (SSSR count). The number of methoxy groups -OCH3 is 1. The Morgan fingerprint density at radius 2 is 2.13 bits per heavy atom. The molecule has 0 amide bonds. The number of nitrogens with zero attached hydrogens (tertiary/aromatic N) is 5. The fourth-order valence-corrected chi connectivity index (χ4v) is 3.57. The lowest BCUT2D eigenvalue weighted by Gasteiger charge is -2.35. The maximum Gasteiger partial charge on any atom is 0.288 e. The first kappa shape index (κ1) is 20.8. The van der Waals surface area contributed by atoms with Crippen LogP contribution in [0.1, 0.15) is 25.5 Å². The molecule has 1 aromatic carbocycles. The van der Waals surface area contributed by atoms with E-state index in [0.29, 0.717) is 17.7 Å². The van der Waals surface area contributed by atoms with Crippen molar-refractivity contribution >= 4 is 17.5 Å². The number of ether oxygens (including phenoxy) is 2. The lowest BCUT2D eigenvalue weighted by molar-refractivity contribution is -0.0402. The predicted octanol–water partition coefficient (Wildman–Crippen LogP) is 3.95. The van der Waals surface area contributed by atoms with Gasteiger partial charge in [0.05, 0.1) is 31.7 Å². The fourth-order valence-electron chi connectivity index (χ4n) is 3.57. The summed E-state index contributed by atoms with van der Waals surface area (Å²) < 4.78 is 11.7. The Bertz CT molecular complexity index is 1070. The molecule has 3 heterocycles. The second-order valence-corrected chi connectivity index (χ2v) is 7.57. The van der Waals surface area contributed by atoms with E-state index in [1.54, 1.807) is 7.11 Å². The van der Waals surface area contributed by atoms with Crippen LogP contribution in [0.2, 0.25) is 0 Å². The molecule has 31 heavy (non-hydrogen) atoms. The SMILES string of the molecule is [C-]#[N+]c1cnc(Nc2cc(-c3ccc([C@H]4CN(C(C)C)CCO4)cc3OC)[nH]n2)cn1. The Hall–Kier alpha value is -3.48. The van der Waals surface area contributed by atoms with Crippen molar-refractivity contribution in [3.63, 3.8) is 0 Å². The minimum atomic E-state index is 0.0232. The lowest BCUT2D eigenvalue weighted by Crippen LogP contribution is -2.42. The number of aromatic amines is 1. The number of benzene rings is 1. The van der Waals surface area contributed by atoms with Crippen LogP contribution in [0.4, 0.5) is 17.5 Å². The van der Waals surface area contributed by atoms with E-state index in [1.165, 1.54) is 12.4 Å². The molecule has 1 saturated heterocycles. The third kappa shape index (κ3) is 4.66. The van der Waals surface area contributed by atoms with Crippen molar-refractivity contribution in [3.05, 3.63) is 53.6 Å². The van der Waals surface area contributed by atoms with Crippen molar-refractivity contribution in [3.8, 4) is 17.0 Å². The maximum atomic E-state index is 6.94. The van der Waals surface area contributed by atoms with Gasteiger partial charge in [0.15, 0.2) is 17.8 Å². The van der Waals surface area contributed by atoms with E-state index in [0.717, 1.165) is 42.3 Å². The summed E-state index contributed by atoms with van der Waals surface area (Å²) in [5, 5.41) is 10.4. The van der Waals surface area contributed by atoms with E-state index in [4.69, 9.17) is 16.0 Å². The Morgan fingerprint density at radius 1 is 1.26 bits per heavy atom. The molecule has 2 N–H and O–H groups in total. The molecule has 9 nitrogen and oxygen atoms in total. The van der Waals surface area contributed by atoms with Crippen molar-refractivity contribution in [1.82, 2.24) is 25.1 Å². The quantitative estimate of drug-likeness (QED) is 0.585. The number of anilines is 2. The number of hydrogen-bond donors (Lipinski definition) is 2. The van der Waals surface area contributed by atoms with Crippen LogP contribution in [0, 0.1) is 6.57 Å². The Balaban J connectivity index is 1.52. The highest BCUT2D eigenvalue weighted by Gasteiger charge is 2.24. The molecule has 0 spiro atoms. The molecule has 2 aromatic heterocycles. The Labute approximate surface area is 181 Å². The van der Waals surface area contributed by atoms with E-state index in [2.05, 4.69) is 55.1 Å². The van der Waals surface area contributed by atoms with E-state index < -0.39 is 0 Å². The van der Waals surface area contributed by atoms with Gasteiger partial charge in [-0.2, -0.15) is 5.10 Å². The van der Waals surface area contributed by atoms with E-state index in [-0.39, 0.29) is 11.9 Å². The number of nitrogens with one attached hydrogen (secondary N) is 2. The number of aromatic nitrogens is 4. The van der Waals surface area contributed by atoms with Crippen LogP contribution < -0.4 is 10.1 Å². The van der Waals surface area contributed by atoms with Crippen LogP contribution in [-0.2, 0) is 4.74 Å².